The molecule has 0 bridgehead atoms. The Morgan fingerprint density at radius 2 is 1.76 bits per heavy atom. The van der Waals surface area contributed by atoms with Crippen molar-refractivity contribution in [3.63, 3.8) is 0 Å². The summed E-state index contributed by atoms with van der Waals surface area (Å²) in [5, 5.41) is 3.09. The molecule has 1 N–H and O–H groups in total. The molecule has 2 atom stereocenters. The molecule has 0 saturated heterocycles. The summed E-state index contributed by atoms with van der Waals surface area (Å²) < 4.78 is 10.9. The van der Waals surface area contributed by atoms with Crippen molar-refractivity contribution in [3.8, 4) is 5.75 Å². The lowest BCUT2D eigenvalue weighted by atomic mass is 9.95. The number of benzene rings is 1. The maximum Gasteiger partial charge on any atom is 0.347 e. The predicted molar refractivity (Wildman–Crippen MR) is 96.7 cm³/mol. The summed E-state index contributed by atoms with van der Waals surface area (Å²) in [6.45, 7) is 5.47. The highest BCUT2D eigenvalue weighted by Gasteiger charge is 2.19. The summed E-state index contributed by atoms with van der Waals surface area (Å²) in [4.78, 5) is 24.2. The van der Waals surface area contributed by atoms with Crippen LogP contribution < -0.4 is 10.1 Å². The third-order valence-corrected chi connectivity index (χ3v) is 4.59. The maximum atomic E-state index is 12.3. The minimum absolute atomic E-state index is 0.0531. The summed E-state index contributed by atoms with van der Waals surface area (Å²) in [6.07, 6.45) is 5.70. The van der Waals surface area contributed by atoms with Crippen molar-refractivity contribution >= 4 is 11.9 Å². The van der Waals surface area contributed by atoms with Crippen LogP contribution in [0.25, 0.3) is 0 Å². The third-order valence-electron chi connectivity index (χ3n) is 4.59. The van der Waals surface area contributed by atoms with E-state index in [4.69, 9.17) is 9.47 Å². The molecular formula is C20H29NO4. The number of esters is 1. The van der Waals surface area contributed by atoms with Gasteiger partial charge in [-0.3, -0.25) is 4.79 Å². The Kier molecular flexibility index (Phi) is 7.29. The molecule has 1 aromatic rings. The van der Waals surface area contributed by atoms with Gasteiger partial charge in [-0.15, -0.1) is 0 Å². The molecular weight excluding hydrogens is 318 g/mol. The van der Waals surface area contributed by atoms with Gasteiger partial charge in [0, 0.05) is 11.6 Å². The first-order valence-corrected chi connectivity index (χ1v) is 9.27. The second-order valence-corrected chi connectivity index (χ2v) is 6.75. The zero-order valence-electron chi connectivity index (χ0n) is 15.4. The number of ether oxygens (including phenoxy) is 2. The van der Waals surface area contributed by atoms with Gasteiger partial charge in [-0.2, -0.15) is 0 Å². The molecule has 1 aliphatic carbocycles. The van der Waals surface area contributed by atoms with Crippen LogP contribution in [0.2, 0.25) is 0 Å². The van der Waals surface area contributed by atoms with Crippen LogP contribution in [0.4, 0.5) is 0 Å². The van der Waals surface area contributed by atoms with Crippen LogP contribution in [0, 0.1) is 0 Å². The van der Waals surface area contributed by atoms with Crippen LogP contribution in [0.1, 0.15) is 69.7 Å². The van der Waals surface area contributed by atoms with Gasteiger partial charge in [0.25, 0.3) is 5.91 Å². The molecule has 0 spiro atoms. The highest BCUT2D eigenvalue weighted by molar-refractivity contribution is 5.94. The van der Waals surface area contributed by atoms with Gasteiger partial charge < -0.3 is 14.8 Å². The van der Waals surface area contributed by atoms with Gasteiger partial charge in [0.05, 0.1) is 6.10 Å². The van der Waals surface area contributed by atoms with E-state index in [1.165, 1.54) is 19.3 Å². The van der Waals surface area contributed by atoms with E-state index in [2.05, 4.69) is 5.32 Å². The molecule has 5 heteroatoms. The summed E-state index contributed by atoms with van der Waals surface area (Å²) in [6, 6.07) is 7.15. The van der Waals surface area contributed by atoms with E-state index in [0.717, 1.165) is 19.3 Å². The molecule has 1 aliphatic rings. The summed E-state index contributed by atoms with van der Waals surface area (Å²) in [5.41, 5.74) is 0.604. The average molecular weight is 347 g/mol. The van der Waals surface area contributed by atoms with Crippen LogP contribution >= 0.6 is 0 Å². The molecule has 25 heavy (non-hydrogen) atoms. The fraction of sp³-hybridized carbons (Fsp3) is 0.600. The van der Waals surface area contributed by atoms with Crippen molar-refractivity contribution in [3.05, 3.63) is 29.8 Å². The number of nitrogens with one attached hydrogen (secondary N) is 1. The normalized spacial score (nSPS) is 17.4. The Morgan fingerprint density at radius 1 is 1.12 bits per heavy atom. The second-order valence-electron chi connectivity index (χ2n) is 6.75. The third kappa shape index (κ3) is 6.07. The highest BCUT2D eigenvalue weighted by Crippen LogP contribution is 2.19. The largest absolute Gasteiger partial charge is 0.479 e. The predicted octanol–water partition coefficient (Wildman–Crippen LogP) is 3.86. The summed E-state index contributed by atoms with van der Waals surface area (Å²) >= 11 is 0. The van der Waals surface area contributed by atoms with Crippen molar-refractivity contribution in [2.24, 2.45) is 0 Å². The van der Waals surface area contributed by atoms with Crippen LogP contribution in [0.3, 0.4) is 0 Å². The Balaban J connectivity index is 1.86. The molecule has 1 fully saturated rings. The molecule has 0 unspecified atom stereocenters. The van der Waals surface area contributed by atoms with Crippen molar-refractivity contribution < 1.29 is 19.1 Å². The van der Waals surface area contributed by atoms with Crippen molar-refractivity contribution in [2.75, 3.05) is 0 Å². The number of hydrogen-bond donors (Lipinski definition) is 1. The molecule has 0 aliphatic heterocycles. The molecule has 2 rings (SSSR count). The lowest BCUT2D eigenvalue weighted by molar-refractivity contribution is -0.155. The molecule has 0 heterocycles. The number of carbonyl (C=O) groups excluding carboxylic acids is 2. The molecule has 138 valence electrons. The fourth-order valence-electron chi connectivity index (χ4n) is 2.83. The van der Waals surface area contributed by atoms with Crippen molar-refractivity contribution in [1.29, 1.82) is 0 Å². The van der Waals surface area contributed by atoms with Gasteiger partial charge in [0.15, 0.2) is 6.10 Å². The molecule has 0 radical (unpaired) electrons. The Bertz CT molecular complexity index is 564. The van der Waals surface area contributed by atoms with E-state index in [-0.39, 0.29) is 24.0 Å². The van der Waals surface area contributed by atoms with Crippen molar-refractivity contribution in [1.82, 2.24) is 5.32 Å². The van der Waals surface area contributed by atoms with E-state index in [0.29, 0.717) is 11.3 Å². The van der Waals surface area contributed by atoms with Gasteiger partial charge in [0.2, 0.25) is 0 Å². The number of hydrogen-bond acceptors (Lipinski definition) is 4. The van der Waals surface area contributed by atoms with E-state index >= 15 is 0 Å². The Hall–Kier alpha value is -2.04. The Morgan fingerprint density at radius 3 is 2.36 bits per heavy atom. The lowest BCUT2D eigenvalue weighted by Gasteiger charge is -2.22. The summed E-state index contributed by atoms with van der Waals surface area (Å²) in [7, 11) is 0. The van der Waals surface area contributed by atoms with Gasteiger partial charge >= 0.3 is 5.97 Å². The topological polar surface area (TPSA) is 64.6 Å². The standard InChI is InChI=1S/C20H29NO4/c1-4-14(2)24-20(23)15(3)25-18-12-10-16(11-13-18)19(22)21-17-8-6-5-7-9-17/h10-15,17H,4-9H2,1-3H3,(H,21,22)/t14-,15+/m0/s1. The monoisotopic (exact) mass is 347 g/mol. The van der Waals surface area contributed by atoms with Gasteiger partial charge in [-0.25, -0.2) is 4.79 Å². The molecule has 1 amide bonds. The second kappa shape index (κ2) is 9.44. The number of carbonyl (C=O) groups is 2. The smallest absolute Gasteiger partial charge is 0.347 e. The Labute approximate surface area is 150 Å². The number of amides is 1. The van der Waals surface area contributed by atoms with Gasteiger partial charge in [0.1, 0.15) is 5.75 Å². The van der Waals surface area contributed by atoms with E-state index in [1.807, 2.05) is 13.8 Å². The van der Waals surface area contributed by atoms with E-state index < -0.39 is 6.10 Å². The number of rotatable bonds is 7. The van der Waals surface area contributed by atoms with E-state index in [9.17, 15) is 9.59 Å². The highest BCUT2D eigenvalue weighted by atomic mass is 16.6. The van der Waals surface area contributed by atoms with Gasteiger partial charge in [-0.1, -0.05) is 26.2 Å². The minimum atomic E-state index is -0.684. The van der Waals surface area contributed by atoms with Crippen molar-refractivity contribution in [2.45, 2.75) is 77.5 Å². The van der Waals surface area contributed by atoms with Crippen LogP contribution in [-0.2, 0) is 9.53 Å². The molecule has 0 aromatic heterocycles. The first-order chi connectivity index (χ1) is 12.0. The maximum absolute atomic E-state index is 12.3. The summed E-state index contributed by atoms with van der Waals surface area (Å²) in [5.74, 6) is 0.110. The first-order valence-electron chi connectivity index (χ1n) is 9.27. The lowest BCUT2D eigenvalue weighted by Crippen LogP contribution is -2.36. The quantitative estimate of drug-likeness (QED) is 0.761. The van der Waals surface area contributed by atoms with Crippen LogP contribution in [0.5, 0.6) is 5.75 Å². The molecule has 1 saturated carbocycles. The zero-order chi connectivity index (χ0) is 18.2. The van der Waals surface area contributed by atoms with Crippen LogP contribution in [0.15, 0.2) is 24.3 Å². The minimum Gasteiger partial charge on any atom is -0.479 e. The fourth-order valence-corrected chi connectivity index (χ4v) is 2.83. The van der Waals surface area contributed by atoms with Crippen LogP contribution in [-0.4, -0.2) is 30.1 Å². The first kappa shape index (κ1) is 19.3. The average Bonchev–Trinajstić information content (AvgIpc) is 2.62. The molecule has 1 aromatic carbocycles. The van der Waals surface area contributed by atoms with E-state index in [1.54, 1.807) is 31.2 Å². The molecule has 5 nitrogen and oxygen atoms in total. The SMILES string of the molecule is CC[C@H](C)OC(=O)[C@@H](C)Oc1ccc(C(=O)NC2CCCCC2)cc1. The zero-order valence-corrected chi connectivity index (χ0v) is 15.4. The van der Waals surface area contributed by atoms with Gasteiger partial charge in [-0.05, 0) is 57.4 Å².